The summed E-state index contributed by atoms with van der Waals surface area (Å²) in [6.07, 6.45) is 0.522. The molecule has 1 heterocycles. The molecule has 1 aliphatic heterocycles. The minimum atomic E-state index is -1.93. The normalized spacial score (nSPS) is 31.9. The maximum absolute atomic E-state index is 8.32. The summed E-state index contributed by atoms with van der Waals surface area (Å²) in [6.45, 7) is 23.9. The fraction of sp³-hybridized carbons (Fsp3) is 1.00. The molecule has 0 amide bonds. The van der Waals surface area contributed by atoms with E-state index >= 15 is 0 Å². The number of hydrogen-bond donors (Lipinski definition) is 0. The Morgan fingerprint density at radius 3 is 1.78 bits per heavy atom. The highest BCUT2D eigenvalue weighted by Crippen LogP contribution is 2.41. The molecule has 5 heteroatoms. The highest BCUT2D eigenvalue weighted by Gasteiger charge is 2.44. The van der Waals surface area contributed by atoms with Crippen LogP contribution in [0.25, 0.3) is 0 Å². The van der Waals surface area contributed by atoms with Crippen LogP contribution in [0.3, 0.4) is 0 Å². The lowest BCUT2D eigenvalue weighted by molar-refractivity contribution is -0.106. The minimum absolute atomic E-state index is 0.0160. The van der Waals surface area contributed by atoms with Crippen LogP contribution in [0.1, 0.15) is 56.3 Å². The van der Waals surface area contributed by atoms with Gasteiger partial charge in [0.1, 0.15) is 0 Å². The van der Waals surface area contributed by atoms with Crippen LogP contribution in [0.2, 0.25) is 36.3 Å². The first-order valence-corrected chi connectivity index (χ1v) is 14.7. The zero-order valence-electron chi connectivity index (χ0n) is 18.2. The third-order valence-corrected chi connectivity index (χ3v) is 14.9. The van der Waals surface area contributed by atoms with Crippen molar-refractivity contribution in [3.05, 3.63) is 0 Å². The van der Waals surface area contributed by atoms with Crippen LogP contribution in [-0.4, -0.2) is 41.5 Å². The summed E-state index contributed by atoms with van der Waals surface area (Å²) in [7, 11) is -3.79. The van der Waals surface area contributed by atoms with Gasteiger partial charge >= 0.3 is 0 Å². The van der Waals surface area contributed by atoms with Crippen molar-refractivity contribution >= 4 is 16.6 Å². The molecule has 0 aromatic rings. The SMILES string of the molecule is [2H][C@H]1O[C@@H](C)[C@H](O[Si](C)(C)C(C)(C)C)C[C@H]1O[Si](C)(C)C(C)(C)C. The second kappa shape index (κ2) is 6.91. The van der Waals surface area contributed by atoms with E-state index in [4.69, 9.17) is 15.0 Å². The number of rotatable bonds is 4. The molecule has 0 aliphatic carbocycles. The zero-order valence-corrected chi connectivity index (χ0v) is 19.2. The molecule has 1 saturated heterocycles. The smallest absolute Gasteiger partial charge is 0.192 e. The van der Waals surface area contributed by atoms with E-state index in [1.54, 1.807) is 0 Å². The average molecular weight is 362 g/mol. The largest absolute Gasteiger partial charge is 0.411 e. The van der Waals surface area contributed by atoms with E-state index in [2.05, 4.69) is 67.7 Å². The van der Waals surface area contributed by atoms with Gasteiger partial charge in [0.2, 0.25) is 0 Å². The van der Waals surface area contributed by atoms with E-state index in [-0.39, 0.29) is 28.4 Å². The second-order valence-corrected chi connectivity index (χ2v) is 19.6. The van der Waals surface area contributed by atoms with Gasteiger partial charge in [-0.2, -0.15) is 0 Å². The van der Waals surface area contributed by atoms with E-state index in [1.807, 2.05) is 6.92 Å². The quantitative estimate of drug-likeness (QED) is 0.612. The molecule has 0 unspecified atom stereocenters. The summed E-state index contributed by atoms with van der Waals surface area (Å²) >= 11 is 0. The van der Waals surface area contributed by atoms with Gasteiger partial charge in [-0.15, -0.1) is 0 Å². The topological polar surface area (TPSA) is 27.7 Å². The summed E-state index contributed by atoms with van der Waals surface area (Å²) < 4.78 is 27.3. The van der Waals surface area contributed by atoms with Gasteiger partial charge in [-0.1, -0.05) is 41.5 Å². The highest BCUT2D eigenvalue weighted by atomic mass is 28.4. The van der Waals surface area contributed by atoms with Crippen LogP contribution in [0.5, 0.6) is 0 Å². The van der Waals surface area contributed by atoms with E-state index in [0.717, 1.165) is 6.42 Å². The van der Waals surface area contributed by atoms with Gasteiger partial charge in [-0.05, 0) is 43.2 Å². The van der Waals surface area contributed by atoms with Crippen molar-refractivity contribution in [2.45, 2.75) is 109 Å². The third-order valence-electron chi connectivity index (χ3n) is 5.94. The Morgan fingerprint density at radius 2 is 1.35 bits per heavy atom. The van der Waals surface area contributed by atoms with Crippen LogP contribution in [-0.2, 0) is 13.6 Å². The van der Waals surface area contributed by atoms with Crippen molar-refractivity contribution in [1.29, 1.82) is 0 Å². The molecule has 1 aliphatic rings. The molecule has 0 radical (unpaired) electrons. The van der Waals surface area contributed by atoms with Gasteiger partial charge in [0.15, 0.2) is 16.6 Å². The summed E-state index contributed by atoms with van der Waals surface area (Å²) in [5, 5.41) is 0.298. The molecule has 1 rings (SSSR count). The van der Waals surface area contributed by atoms with Gasteiger partial charge in [0, 0.05) is 6.42 Å². The molecule has 0 N–H and O–H groups in total. The minimum Gasteiger partial charge on any atom is -0.411 e. The zero-order chi connectivity index (χ0) is 19.1. The van der Waals surface area contributed by atoms with Crippen molar-refractivity contribution in [3.63, 3.8) is 0 Å². The molecular weight excluding hydrogens is 320 g/mol. The summed E-state index contributed by atoms with van der Waals surface area (Å²) in [5.41, 5.74) is 0. The highest BCUT2D eigenvalue weighted by molar-refractivity contribution is 6.74. The molecule has 4 atom stereocenters. The van der Waals surface area contributed by atoms with Gasteiger partial charge in [-0.25, -0.2) is 0 Å². The van der Waals surface area contributed by atoms with Crippen LogP contribution >= 0.6 is 0 Å². The summed E-state index contributed by atoms with van der Waals surface area (Å²) in [4.78, 5) is 0. The Morgan fingerprint density at radius 1 is 0.913 bits per heavy atom. The van der Waals surface area contributed by atoms with Crippen molar-refractivity contribution in [3.8, 4) is 0 Å². The predicted molar refractivity (Wildman–Crippen MR) is 104 cm³/mol. The van der Waals surface area contributed by atoms with Gasteiger partial charge in [-0.3, -0.25) is 0 Å². The Bertz CT molecular complexity index is 389. The van der Waals surface area contributed by atoms with E-state index in [0.29, 0.717) is 0 Å². The van der Waals surface area contributed by atoms with Crippen molar-refractivity contribution in [2.24, 2.45) is 0 Å². The van der Waals surface area contributed by atoms with Gasteiger partial charge in [0.25, 0.3) is 0 Å². The fourth-order valence-electron chi connectivity index (χ4n) is 2.11. The Labute approximate surface area is 148 Å². The maximum atomic E-state index is 8.32. The van der Waals surface area contributed by atoms with Crippen LogP contribution in [0.15, 0.2) is 0 Å². The molecule has 0 aromatic carbocycles. The molecule has 0 bridgehead atoms. The fourth-order valence-corrected chi connectivity index (χ4v) is 4.77. The van der Waals surface area contributed by atoms with E-state index in [9.17, 15) is 0 Å². The molecule has 1 fully saturated rings. The average Bonchev–Trinajstić information content (AvgIpc) is 2.31. The van der Waals surface area contributed by atoms with E-state index < -0.39 is 23.2 Å². The Balaban J connectivity index is 2.88. The predicted octanol–water partition coefficient (Wildman–Crippen LogP) is 5.58. The lowest BCUT2D eigenvalue weighted by Crippen LogP contribution is -2.53. The van der Waals surface area contributed by atoms with Gasteiger partial charge in [0.05, 0.1) is 26.3 Å². The molecule has 0 saturated carbocycles. The van der Waals surface area contributed by atoms with Crippen LogP contribution in [0, 0.1) is 0 Å². The first kappa shape index (κ1) is 19.6. The summed E-state index contributed by atoms with van der Waals surface area (Å²) in [6, 6.07) is 0. The molecule has 0 aromatic heterocycles. The number of hydrogen-bond acceptors (Lipinski definition) is 3. The van der Waals surface area contributed by atoms with E-state index in [1.165, 1.54) is 0 Å². The standard InChI is InChI=1S/C18H40O3Si2/c1-14-16(21-23(10,11)18(5,6)7)12-15(13-19-14)20-22(8,9)17(2,3)4/h14-16H,12-13H2,1-11H3/t14-,15+,16+/m0/s1/i13D/t13-,14+,15-,16-/m1. The summed E-state index contributed by atoms with van der Waals surface area (Å²) in [5.74, 6) is 0. The van der Waals surface area contributed by atoms with Crippen molar-refractivity contribution < 1.29 is 15.0 Å². The van der Waals surface area contributed by atoms with Crippen LogP contribution < -0.4 is 0 Å². The van der Waals surface area contributed by atoms with Crippen LogP contribution in [0.4, 0.5) is 0 Å². The third kappa shape index (κ3) is 5.39. The molecule has 3 nitrogen and oxygen atoms in total. The van der Waals surface area contributed by atoms with Crippen molar-refractivity contribution in [2.75, 3.05) is 6.58 Å². The first-order chi connectivity index (χ1) is 10.5. The monoisotopic (exact) mass is 361 g/mol. The Kier molecular flexibility index (Phi) is 5.90. The first-order valence-electron chi connectivity index (χ1n) is 9.49. The van der Waals surface area contributed by atoms with Crippen molar-refractivity contribution in [1.82, 2.24) is 0 Å². The molecule has 138 valence electrons. The lowest BCUT2D eigenvalue weighted by Gasteiger charge is -2.46. The molecule has 0 spiro atoms. The second-order valence-electron chi connectivity index (χ2n) is 10.0. The lowest BCUT2D eigenvalue weighted by atomic mass is 10.1. The van der Waals surface area contributed by atoms with Gasteiger partial charge < -0.3 is 13.6 Å². The molecular formula is C18H40O3Si2. The number of ether oxygens (including phenoxy) is 1. The Hall–Kier alpha value is 0.314. The molecule has 23 heavy (non-hydrogen) atoms. The maximum Gasteiger partial charge on any atom is 0.192 e.